The molecule has 0 unspecified atom stereocenters. The molecule has 2 aromatic carbocycles. The second kappa shape index (κ2) is 7.94. The Balaban J connectivity index is 1.99. The molecule has 0 heterocycles. The smallest absolute Gasteiger partial charge is 0.261 e. The van der Waals surface area contributed by atoms with Gasteiger partial charge in [0, 0.05) is 0 Å². The Kier molecular flexibility index (Phi) is 6.12. The molecule has 0 saturated heterocycles. The van der Waals surface area contributed by atoms with E-state index in [1.807, 2.05) is 32.9 Å². The summed E-state index contributed by atoms with van der Waals surface area (Å²) in [7, 11) is 0. The number of hydrogen-bond donors (Lipinski definition) is 1. The zero-order chi connectivity index (χ0) is 19.5. The van der Waals surface area contributed by atoms with Crippen molar-refractivity contribution in [3.8, 4) is 5.75 Å². The second-order valence-electron chi connectivity index (χ2n) is 8.19. The lowest BCUT2D eigenvalue weighted by Gasteiger charge is -2.22. The van der Waals surface area contributed by atoms with Crippen LogP contribution < -0.4 is 10.1 Å². The van der Waals surface area contributed by atoms with Crippen LogP contribution in [-0.2, 0) is 10.2 Å². The van der Waals surface area contributed by atoms with E-state index < -0.39 is 6.10 Å². The molecular weight excluding hydrogens is 322 g/mol. The van der Waals surface area contributed by atoms with Crippen LogP contribution >= 0.6 is 0 Å². The van der Waals surface area contributed by atoms with Gasteiger partial charge in [-0.05, 0) is 67.5 Å². The molecule has 140 valence electrons. The highest BCUT2D eigenvalue weighted by atomic mass is 16.5. The summed E-state index contributed by atoms with van der Waals surface area (Å²) in [5.41, 5.74) is 4.75. The molecule has 0 aromatic heterocycles. The van der Waals surface area contributed by atoms with Gasteiger partial charge in [0.25, 0.3) is 5.91 Å². The van der Waals surface area contributed by atoms with Gasteiger partial charge in [-0.25, -0.2) is 0 Å². The number of benzene rings is 2. The molecule has 2 atom stereocenters. The zero-order valence-corrected chi connectivity index (χ0v) is 17.0. The fourth-order valence-corrected chi connectivity index (χ4v) is 2.94. The molecule has 2 rings (SSSR count). The van der Waals surface area contributed by atoms with E-state index in [9.17, 15) is 4.79 Å². The molecule has 0 saturated carbocycles. The molecule has 0 aliphatic rings. The van der Waals surface area contributed by atoms with Gasteiger partial charge in [-0.2, -0.15) is 0 Å². The Morgan fingerprint density at radius 2 is 1.50 bits per heavy atom. The maximum Gasteiger partial charge on any atom is 0.261 e. The number of rotatable bonds is 5. The quantitative estimate of drug-likeness (QED) is 0.798. The normalized spacial score (nSPS) is 13.8. The highest BCUT2D eigenvalue weighted by molar-refractivity contribution is 5.81. The number of hydrogen-bond acceptors (Lipinski definition) is 2. The maximum absolute atomic E-state index is 12.5. The number of aryl methyl sites for hydroxylation is 2. The van der Waals surface area contributed by atoms with E-state index in [1.165, 1.54) is 5.56 Å². The summed E-state index contributed by atoms with van der Waals surface area (Å²) in [6, 6.07) is 14.3. The van der Waals surface area contributed by atoms with Gasteiger partial charge in [0.15, 0.2) is 6.10 Å². The molecule has 2 aromatic rings. The first-order valence-corrected chi connectivity index (χ1v) is 9.22. The van der Waals surface area contributed by atoms with Gasteiger partial charge in [0.1, 0.15) is 5.75 Å². The lowest BCUT2D eigenvalue weighted by molar-refractivity contribution is -0.127. The fraction of sp³-hybridized carbons (Fsp3) is 0.435. The summed E-state index contributed by atoms with van der Waals surface area (Å²) in [6.45, 7) is 14.4. The van der Waals surface area contributed by atoms with E-state index in [0.29, 0.717) is 0 Å². The van der Waals surface area contributed by atoms with Gasteiger partial charge in [-0.1, -0.05) is 51.1 Å². The van der Waals surface area contributed by atoms with Crippen LogP contribution in [0.15, 0.2) is 42.5 Å². The average molecular weight is 354 g/mol. The van der Waals surface area contributed by atoms with Gasteiger partial charge in [0.05, 0.1) is 6.04 Å². The van der Waals surface area contributed by atoms with E-state index in [-0.39, 0.29) is 17.4 Å². The van der Waals surface area contributed by atoms with E-state index in [4.69, 9.17) is 4.74 Å². The number of ether oxygens (including phenoxy) is 1. The first-order valence-electron chi connectivity index (χ1n) is 9.22. The van der Waals surface area contributed by atoms with Crippen molar-refractivity contribution < 1.29 is 9.53 Å². The molecule has 0 fully saturated rings. The van der Waals surface area contributed by atoms with Gasteiger partial charge in [0.2, 0.25) is 0 Å². The number of carbonyl (C=O) groups is 1. The summed E-state index contributed by atoms with van der Waals surface area (Å²) in [5.74, 6) is 0.615. The van der Waals surface area contributed by atoms with Crippen LogP contribution in [0.1, 0.15) is 62.9 Å². The van der Waals surface area contributed by atoms with Crippen molar-refractivity contribution in [2.24, 2.45) is 0 Å². The highest BCUT2D eigenvalue weighted by Crippen LogP contribution is 2.24. The topological polar surface area (TPSA) is 38.3 Å². The lowest BCUT2D eigenvalue weighted by atomic mass is 9.86. The number of amides is 1. The average Bonchev–Trinajstić information content (AvgIpc) is 2.53. The van der Waals surface area contributed by atoms with Gasteiger partial charge in [-0.3, -0.25) is 4.79 Å². The van der Waals surface area contributed by atoms with Crippen LogP contribution in [-0.4, -0.2) is 12.0 Å². The molecule has 0 radical (unpaired) electrons. The van der Waals surface area contributed by atoms with Crippen LogP contribution in [0.4, 0.5) is 0 Å². The summed E-state index contributed by atoms with van der Waals surface area (Å²) in [5, 5.41) is 3.04. The Labute approximate surface area is 157 Å². The van der Waals surface area contributed by atoms with E-state index in [1.54, 1.807) is 6.92 Å². The van der Waals surface area contributed by atoms with Crippen LogP contribution in [0.3, 0.4) is 0 Å². The van der Waals surface area contributed by atoms with Crippen molar-refractivity contribution >= 4 is 5.91 Å². The summed E-state index contributed by atoms with van der Waals surface area (Å²) in [6.07, 6.45) is -0.549. The van der Waals surface area contributed by atoms with E-state index in [2.05, 4.69) is 56.4 Å². The third-order valence-electron chi connectivity index (χ3n) is 4.51. The van der Waals surface area contributed by atoms with Crippen molar-refractivity contribution in [2.75, 3.05) is 0 Å². The van der Waals surface area contributed by atoms with Crippen molar-refractivity contribution in [1.82, 2.24) is 5.32 Å². The van der Waals surface area contributed by atoms with Gasteiger partial charge < -0.3 is 10.1 Å². The van der Waals surface area contributed by atoms with Crippen LogP contribution in [0, 0.1) is 13.8 Å². The van der Waals surface area contributed by atoms with E-state index >= 15 is 0 Å². The molecule has 1 N–H and O–H groups in total. The number of nitrogens with one attached hydrogen (secondary N) is 1. The Bertz CT molecular complexity index is 737. The fourth-order valence-electron chi connectivity index (χ4n) is 2.94. The molecule has 1 amide bonds. The number of carbonyl (C=O) groups excluding carboxylic acids is 1. The highest BCUT2D eigenvalue weighted by Gasteiger charge is 2.19. The molecular formula is C23H31NO2. The van der Waals surface area contributed by atoms with Crippen molar-refractivity contribution in [3.05, 3.63) is 64.7 Å². The van der Waals surface area contributed by atoms with Gasteiger partial charge >= 0.3 is 0 Å². The third kappa shape index (κ3) is 5.35. The zero-order valence-electron chi connectivity index (χ0n) is 17.0. The third-order valence-corrected chi connectivity index (χ3v) is 4.51. The standard InChI is InChI=1S/C23H31NO2/c1-15-12-16(2)14-21(13-15)26-18(4)22(25)24-17(3)19-8-10-20(11-9-19)23(5,6)7/h8-14,17-18H,1-7H3,(H,24,25)/t17-,18+/m1/s1. The minimum Gasteiger partial charge on any atom is -0.481 e. The first-order chi connectivity index (χ1) is 12.1. The molecule has 0 aliphatic carbocycles. The first kappa shape index (κ1) is 20.0. The van der Waals surface area contributed by atoms with Crippen LogP contribution in [0.5, 0.6) is 5.75 Å². The Morgan fingerprint density at radius 1 is 0.962 bits per heavy atom. The predicted molar refractivity (Wildman–Crippen MR) is 108 cm³/mol. The molecule has 3 nitrogen and oxygen atoms in total. The summed E-state index contributed by atoms with van der Waals surface area (Å²) >= 11 is 0. The van der Waals surface area contributed by atoms with Gasteiger partial charge in [-0.15, -0.1) is 0 Å². The van der Waals surface area contributed by atoms with E-state index in [0.717, 1.165) is 22.4 Å². The van der Waals surface area contributed by atoms with Crippen molar-refractivity contribution in [2.45, 2.75) is 66.0 Å². The lowest BCUT2D eigenvalue weighted by Crippen LogP contribution is -2.37. The molecule has 0 bridgehead atoms. The molecule has 0 spiro atoms. The summed E-state index contributed by atoms with van der Waals surface area (Å²) < 4.78 is 5.83. The molecule has 3 heteroatoms. The largest absolute Gasteiger partial charge is 0.481 e. The van der Waals surface area contributed by atoms with Crippen LogP contribution in [0.2, 0.25) is 0 Å². The minimum absolute atomic E-state index is 0.0678. The maximum atomic E-state index is 12.5. The van der Waals surface area contributed by atoms with Crippen molar-refractivity contribution in [1.29, 1.82) is 0 Å². The minimum atomic E-state index is -0.549. The SMILES string of the molecule is Cc1cc(C)cc(O[C@@H](C)C(=O)N[C@H](C)c2ccc(C(C)(C)C)cc2)c1. The predicted octanol–water partition coefficient (Wildman–Crippen LogP) is 5.25. The Morgan fingerprint density at radius 3 is 2.00 bits per heavy atom. The second-order valence-corrected chi connectivity index (χ2v) is 8.19. The molecule has 0 aliphatic heterocycles. The monoisotopic (exact) mass is 353 g/mol. The van der Waals surface area contributed by atoms with Crippen molar-refractivity contribution in [3.63, 3.8) is 0 Å². The molecule has 26 heavy (non-hydrogen) atoms. The van der Waals surface area contributed by atoms with Crippen LogP contribution in [0.25, 0.3) is 0 Å². The Hall–Kier alpha value is -2.29. The summed E-state index contributed by atoms with van der Waals surface area (Å²) in [4.78, 5) is 12.5.